The molecule has 0 aliphatic rings. The zero-order chi connectivity index (χ0) is 14.5. The van der Waals surface area contributed by atoms with Crippen LogP contribution in [0, 0.1) is 13.8 Å². The van der Waals surface area contributed by atoms with Crippen molar-refractivity contribution in [1.82, 2.24) is 5.32 Å². The molecule has 1 N–H and O–H groups in total. The van der Waals surface area contributed by atoms with E-state index in [9.17, 15) is 0 Å². The van der Waals surface area contributed by atoms with Gasteiger partial charge in [0.25, 0.3) is 0 Å². The summed E-state index contributed by atoms with van der Waals surface area (Å²) in [5.41, 5.74) is 5.27. The summed E-state index contributed by atoms with van der Waals surface area (Å²) in [6, 6.07) is 17.6. The Morgan fingerprint density at radius 3 is 2.45 bits per heavy atom. The van der Waals surface area contributed by atoms with Gasteiger partial charge in [0.15, 0.2) is 0 Å². The van der Waals surface area contributed by atoms with Gasteiger partial charge in [0, 0.05) is 25.3 Å². The fourth-order valence-electron chi connectivity index (χ4n) is 2.57. The summed E-state index contributed by atoms with van der Waals surface area (Å²) >= 11 is 0. The molecule has 1 unspecified atom stereocenters. The maximum Gasteiger partial charge on any atom is 0.0498 e. The minimum absolute atomic E-state index is 0.335. The molecule has 0 radical (unpaired) electrons. The highest BCUT2D eigenvalue weighted by Crippen LogP contribution is 2.21. The van der Waals surface area contributed by atoms with Crippen molar-refractivity contribution in [3.8, 4) is 0 Å². The van der Waals surface area contributed by atoms with Crippen LogP contribution in [0.25, 0.3) is 0 Å². The highest BCUT2D eigenvalue weighted by atomic mass is 15.1. The van der Waals surface area contributed by atoms with Crippen LogP contribution in [0.2, 0.25) is 0 Å². The highest BCUT2D eigenvalue weighted by Gasteiger charge is 2.14. The van der Waals surface area contributed by atoms with Crippen LogP contribution >= 0.6 is 0 Å². The second-order valence-electron chi connectivity index (χ2n) is 5.42. The normalized spacial score (nSPS) is 12.2. The van der Waals surface area contributed by atoms with Crippen LogP contribution in [-0.4, -0.2) is 20.6 Å². The molecule has 2 aromatic carbocycles. The molecule has 0 fully saturated rings. The van der Waals surface area contributed by atoms with Crippen LogP contribution in [0.1, 0.15) is 22.7 Å². The summed E-state index contributed by atoms with van der Waals surface area (Å²) in [4.78, 5) is 2.31. The summed E-state index contributed by atoms with van der Waals surface area (Å²) in [5, 5.41) is 3.43. The van der Waals surface area contributed by atoms with E-state index in [-0.39, 0.29) is 0 Å². The van der Waals surface area contributed by atoms with Gasteiger partial charge in [-0.15, -0.1) is 0 Å². The van der Waals surface area contributed by atoms with Gasteiger partial charge in [-0.2, -0.15) is 0 Å². The predicted octanol–water partition coefficient (Wildman–Crippen LogP) is 3.70. The predicted molar refractivity (Wildman–Crippen MR) is 87.4 cm³/mol. The molecule has 0 aliphatic carbocycles. The molecule has 0 heterocycles. The Morgan fingerprint density at radius 2 is 1.80 bits per heavy atom. The van der Waals surface area contributed by atoms with Crippen LogP contribution < -0.4 is 10.2 Å². The Bertz CT molecular complexity index is 563. The summed E-state index contributed by atoms with van der Waals surface area (Å²) in [6.07, 6.45) is 0. The molecule has 2 heteroatoms. The zero-order valence-electron chi connectivity index (χ0n) is 12.9. The Hall–Kier alpha value is -1.80. The van der Waals surface area contributed by atoms with E-state index in [1.165, 1.54) is 22.4 Å². The quantitative estimate of drug-likeness (QED) is 0.889. The molecule has 20 heavy (non-hydrogen) atoms. The topological polar surface area (TPSA) is 15.3 Å². The standard InChI is InChI=1S/C18H24N2/c1-14-8-7-10-16(12-14)20(4)13-18(19-3)17-11-6-5-9-15(17)2/h5-12,18-19H,13H2,1-4H3. The molecule has 1 atom stereocenters. The SMILES string of the molecule is CNC(CN(C)c1cccc(C)c1)c1ccccc1C. The summed E-state index contributed by atoms with van der Waals surface area (Å²) in [6.45, 7) is 5.26. The number of benzene rings is 2. The van der Waals surface area contributed by atoms with Crippen molar-refractivity contribution in [2.75, 3.05) is 25.5 Å². The van der Waals surface area contributed by atoms with Gasteiger partial charge in [-0.1, -0.05) is 36.4 Å². The van der Waals surface area contributed by atoms with Crippen molar-refractivity contribution in [1.29, 1.82) is 0 Å². The minimum atomic E-state index is 0.335. The summed E-state index contributed by atoms with van der Waals surface area (Å²) in [7, 11) is 4.18. The number of aryl methyl sites for hydroxylation is 2. The molecular formula is C18H24N2. The molecule has 106 valence electrons. The van der Waals surface area contributed by atoms with E-state index in [1.54, 1.807) is 0 Å². The highest BCUT2D eigenvalue weighted by molar-refractivity contribution is 5.48. The van der Waals surface area contributed by atoms with E-state index in [4.69, 9.17) is 0 Å². The van der Waals surface area contributed by atoms with Crippen LogP contribution in [-0.2, 0) is 0 Å². The molecule has 0 saturated carbocycles. The van der Waals surface area contributed by atoms with E-state index in [0.29, 0.717) is 6.04 Å². The van der Waals surface area contributed by atoms with Crippen molar-refractivity contribution in [2.45, 2.75) is 19.9 Å². The molecule has 0 amide bonds. The molecule has 2 aromatic rings. The first-order valence-corrected chi connectivity index (χ1v) is 7.12. The number of nitrogens with zero attached hydrogens (tertiary/aromatic N) is 1. The van der Waals surface area contributed by atoms with E-state index < -0.39 is 0 Å². The van der Waals surface area contributed by atoms with Crippen molar-refractivity contribution >= 4 is 5.69 Å². The molecular weight excluding hydrogens is 244 g/mol. The first-order chi connectivity index (χ1) is 9.61. The second-order valence-corrected chi connectivity index (χ2v) is 5.42. The van der Waals surface area contributed by atoms with Crippen LogP contribution in [0.4, 0.5) is 5.69 Å². The summed E-state index contributed by atoms with van der Waals surface area (Å²) < 4.78 is 0. The van der Waals surface area contributed by atoms with Crippen LogP contribution in [0.5, 0.6) is 0 Å². The monoisotopic (exact) mass is 268 g/mol. The van der Waals surface area contributed by atoms with Crippen molar-refractivity contribution in [2.24, 2.45) is 0 Å². The third-order valence-corrected chi connectivity index (χ3v) is 3.81. The Labute approximate surface area is 122 Å². The third kappa shape index (κ3) is 3.40. The maximum atomic E-state index is 3.43. The first-order valence-electron chi connectivity index (χ1n) is 7.12. The van der Waals surface area contributed by atoms with E-state index in [1.807, 2.05) is 7.05 Å². The average Bonchev–Trinajstić information content (AvgIpc) is 2.45. The molecule has 0 aromatic heterocycles. The lowest BCUT2D eigenvalue weighted by molar-refractivity contribution is 0.586. The Morgan fingerprint density at radius 1 is 1.05 bits per heavy atom. The number of rotatable bonds is 5. The summed E-state index contributed by atoms with van der Waals surface area (Å²) in [5.74, 6) is 0. The molecule has 0 saturated heterocycles. The fraction of sp³-hybridized carbons (Fsp3) is 0.333. The Kier molecular flexibility index (Phi) is 4.80. The smallest absolute Gasteiger partial charge is 0.0498 e. The maximum absolute atomic E-state index is 3.43. The first kappa shape index (κ1) is 14.6. The van der Waals surface area contributed by atoms with Gasteiger partial charge in [-0.05, 0) is 49.7 Å². The number of anilines is 1. The van der Waals surface area contributed by atoms with Crippen molar-refractivity contribution < 1.29 is 0 Å². The minimum Gasteiger partial charge on any atom is -0.373 e. The molecule has 0 spiro atoms. The van der Waals surface area contributed by atoms with Gasteiger partial charge in [-0.25, -0.2) is 0 Å². The number of hydrogen-bond donors (Lipinski definition) is 1. The van der Waals surface area contributed by atoms with Gasteiger partial charge < -0.3 is 10.2 Å². The number of nitrogens with one attached hydrogen (secondary N) is 1. The van der Waals surface area contributed by atoms with Gasteiger partial charge >= 0.3 is 0 Å². The lowest BCUT2D eigenvalue weighted by Gasteiger charge is -2.27. The van der Waals surface area contributed by atoms with Crippen LogP contribution in [0.15, 0.2) is 48.5 Å². The molecule has 0 bridgehead atoms. The number of hydrogen-bond acceptors (Lipinski definition) is 2. The van der Waals surface area contributed by atoms with E-state index in [0.717, 1.165) is 6.54 Å². The zero-order valence-corrected chi connectivity index (χ0v) is 12.9. The van der Waals surface area contributed by atoms with Crippen molar-refractivity contribution in [3.05, 3.63) is 65.2 Å². The molecule has 0 aliphatic heterocycles. The fourth-order valence-corrected chi connectivity index (χ4v) is 2.57. The second kappa shape index (κ2) is 6.58. The molecule has 2 nitrogen and oxygen atoms in total. The number of likely N-dealkylation sites (N-methyl/N-ethyl adjacent to an activating group) is 2. The van der Waals surface area contributed by atoms with Crippen molar-refractivity contribution in [3.63, 3.8) is 0 Å². The average molecular weight is 268 g/mol. The van der Waals surface area contributed by atoms with Crippen LogP contribution in [0.3, 0.4) is 0 Å². The largest absolute Gasteiger partial charge is 0.373 e. The van der Waals surface area contributed by atoms with Gasteiger partial charge in [0.05, 0.1) is 0 Å². The van der Waals surface area contributed by atoms with E-state index in [2.05, 4.69) is 79.6 Å². The lowest BCUT2D eigenvalue weighted by Crippen LogP contribution is -2.31. The van der Waals surface area contributed by atoms with Gasteiger partial charge in [0.2, 0.25) is 0 Å². The third-order valence-electron chi connectivity index (χ3n) is 3.81. The van der Waals surface area contributed by atoms with Gasteiger partial charge in [-0.3, -0.25) is 0 Å². The van der Waals surface area contributed by atoms with Gasteiger partial charge in [0.1, 0.15) is 0 Å². The lowest BCUT2D eigenvalue weighted by atomic mass is 10.0. The Balaban J connectivity index is 2.16. The van der Waals surface area contributed by atoms with E-state index >= 15 is 0 Å². The molecule has 2 rings (SSSR count).